The van der Waals surface area contributed by atoms with Crippen molar-refractivity contribution in [2.45, 2.75) is 31.0 Å². The number of aromatic nitrogens is 2. The molecule has 1 aromatic carbocycles. The first-order chi connectivity index (χ1) is 9.92. The highest BCUT2D eigenvalue weighted by molar-refractivity contribution is 7.89. The van der Waals surface area contributed by atoms with Gasteiger partial charge in [-0.1, -0.05) is 11.6 Å². The van der Waals surface area contributed by atoms with Gasteiger partial charge in [-0.2, -0.15) is 0 Å². The van der Waals surface area contributed by atoms with E-state index in [-0.39, 0.29) is 17.5 Å². The first kappa shape index (κ1) is 16.0. The van der Waals surface area contributed by atoms with E-state index in [0.717, 1.165) is 0 Å². The summed E-state index contributed by atoms with van der Waals surface area (Å²) in [5, 5.41) is 9.49. The molecule has 0 aliphatic heterocycles. The van der Waals surface area contributed by atoms with E-state index in [9.17, 15) is 8.42 Å². The summed E-state index contributed by atoms with van der Waals surface area (Å²) in [5.74, 6) is 0. The van der Waals surface area contributed by atoms with E-state index in [2.05, 4.69) is 9.71 Å². The van der Waals surface area contributed by atoms with Gasteiger partial charge in [0.25, 0.3) is 0 Å². The Bertz CT molecular complexity index is 701. The van der Waals surface area contributed by atoms with Crippen LogP contribution in [0.15, 0.2) is 41.8 Å². The van der Waals surface area contributed by atoms with Gasteiger partial charge in [0.1, 0.15) is 0 Å². The molecule has 0 aliphatic rings. The summed E-state index contributed by atoms with van der Waals surface area (Å²) in [6, 6.07) is 3.93. The van der Waals surface area contributed by atoms with Crippen LogP contribution >= 0.6 is 11.6 Å². The highest BCUT2D eigenvalue weighted by atomic mass is 35.5. The Morgan fingerprint density at radius 1 is 1.48 bits per heavy atom. The summed E-state index contributed by atoms with van der Waals surface area (Å²) >= 11 is 5.86. The lowest BCUT2D eigenvalue weighted by molar-refractivity contribution is 0.281. The van der Waals surface area contributed by atoms with E-state index in [4.69, 9.17) is 16.7 Å². The summed E-state index contributed by atoms with van der Waals surface area (Å²) < 4.78 is 28.9. The average molecular weight is 330 g/mol. The van der Waals surface area contributed by atoms with E-state index >= 15 is 0 Å². The minimum absolute atomic E-state index is 0.0773. The normalized spacial score (nSPS) is 13.3. The molecule has 0 fully saturated rings. The number of rotatable bonds is 6. The predicted molar refractivity (Wildman–Crippen MR) is 79.4 cm³/mol. The number of hydrogen-bond donors (Lipinski definition) is 2. The molecule has 1 atom stereocenters. The monoisotopic (exact) mass is 329 g/mol. The largest absolute Gasteiger partial charge is 0.392 e. The predicted octanol–water partition coefficient (Wildman–Crippen LogP) is 1.40. The van der Waals surface area contributed by atoms with Crippen LogP contribution in [0.4, 0.5) is 0 Å². The van der Waals surface area contributed by atoms with E-state index in [0.29, 0.717) is 17.1 Å². The Balaban J connectivity index is 2.14. The number of nitrogens with one attached hydrogen (secondary N) is 1. The quantitative estimate of drug-likeness (QED) is 0.839. The fourth-order valence-corrected chi connectivity index (χ4v) is 3.38. The second-order valence-corrected chi connectivity index (χ2v) is 6.81. The van der Waals surface area contributed by atoms with Crippen molar-refractivity contribution in [1.29, 1.82) is 0 Å². The molecular formula is C13H16ClN3O3S. The van der Waals surface area contributed by atoms with E-state index in [1.807, 2.05) is 0 Å². The molecule has 1 unspecified atom stereocenters. The fraction of sp³-hybridized carbons (Fsp3) is 0.308. The van der Waals surface area contributed by atoms with Crippen LogP contribution in [0.5, 0.6) is 0 Å². The molecular weight excluding hydrogens is 314 g/mol. The van der Waals surface area contributed by atoms with Crippen molar-refractivity contribution in [2.24, 2.45) is 0 Å². The number of nitrogens with zero attached hydrogens (tertiary/aromatic N) is 2. The van der Waals surface area contributed by atoms with Crippen LogP contribution in [0.2, 0.25) is 5.02 Å². The third kappa shape index (κ3) is 4.04. The molecule has 1 heterocycles. The summed E-state index contributed by atoms with van der Waals surface area (Å²) in [5.41, 5.74) is 0.377. The zero-order valence-corrected chi connectivity index (χ0v) is 13.0. The molecule has 0 saturated carbocycles. The number of halogens is 1. The van der Waals surface area contributed by atoms with Crippen LogP contribution in [0.1, 0.15) is 12.5 Å². The first-order valence-corrected chi connectivity index (χ1v) is 8.16. The second kappa shape index (κ2) is 6.57. The fourth-order valence-electron chi connectivity index (χ4n) is 1.92. The van der Waals surface area contributed by atoms with Gasteiger partial charge in [0.2, 0.25) is 10.0 Å². The highest BCUT2D eigenvalue weighted by Gasteiger charge is 2.18. The molecule has 2 rings (SSSR count). The summed E-state index contributed by atoms with van der Waals surface area (Å²) in [6.45, 7) is 1.92. The Morgan fingerprint density at radius 3 is 2.86 bits per heavy atom. The van der Waals surface area contributed by atoms with Crippen LogP contribution in [0.3, 0.4) is 0 Å². The zero-order chi connectivity index (χ0) is 15.5. The summed E-state index contributed by atoms with van der Waals surface area (Å²) in [6.07, 6.45) is 5.02. The van der Waals surface area contributed by atoms with Gasteiger partial charge >= 0.3 is 0 Å². The number of aliphatic hydroxyl groups excluding tert-OH is 1. The lowest BCUT2D eigenvalue weighted by Gasteiger charge is -2.15. The number of benzene rings is 1. The van der Waals surface area contributed by atoms with Crippen LogP contribution in [0.25, 0.3) is 0 Å². The van der Waals surface area contributed by atoms with Crippen LogP contribution in [-0.4, -0.2) is 29.1 Å². The Hall–Kier alpha value is -1.41. The molecule has 6 nitrogen and oxygen atoms in total. The van der Waals surface area contributed by atoms with Gasteiger partial charge < -0.3 is 9.67 Å². The lowest BCUT2D eigenvalue weighted by Crippen LogP contribution is -2.35. The first-order valence-electron chi connectivity index (χ1n) is 6.30. The van der Waals surface area contributed by atoms with Crippen molar-refractivity contribution in [1.82, 2.24) is 14.3 Å². The van der Waals surface area contributed by atoms with Crippen LogP contribution in [-0.2, 0) is 23.2 Å². The topological polar surface area (TPSA) is 84.2 Å². The van der Waals surface area contributed by atoms with E-state index in [1.54, 1.807) is 30.2 Å². The van der Waals surface area contributed by atoms with Crippen molar-refractivity contribution in [3.63, 3.8) is 0 Å². The molecule has 2 N–H and O–H groups in total. The summed E-state index contributed by atoms with van der Waals surface area (Å²) in [4.78, 5) is 3.98. The standard InChI is InChI=1S/C13H16ClN3O3S/c1-10(7-17-5-4-15-9-17)16-21(19,20)12-2-3-13(14)11(6-12)8-18/h2-6,9-10,16,18H,7-8H2,1H3. The molecule has 1 aromatic heterocycles. The zero-order valence-electron chi connectivity index (χ0n) is 11.4. The third-order valence-corrected chi connectivity index (χ3v) is 4.85. The maximum Gasteiger partial charge on any atom is 0.240 e. The average Bonchev–Trinajstić information content (AvgIpc) is 2.91. The summed E-state index contributed by atoms with van der Waals surface area (Å²) in [7, 11) is -3.67. The van der Waals surface area contributed by atoms with Crippen molar-refractivity contribution in [3.8, 4) is 0 Å². The Labute approximate surface area is 128 Å². The van der Waals surface area contributed by atoms with Gasteiger partial charge in [-0.15, -0.1) is 0 Å². The third-order valence-electron chi connectivity index (χ3n) is 2.90. The highest BCUT2D eigenvalue weighted by Crippen LogP contribution is 2.20. The van der Waals surface area contributed by atoms with E-state index in [1.165, 1.54) is 18.2 Å². The SMILES string of the molecule is CC(Cn1ccnc1)NS(=O)(=O)c1ccc(Cl)c(CO)c1. The molecule has 2 aromatic rings. The molecule has 0 amide bonds. The maximum atomic E-state index is 12.3. The van der Waals surface area contributed by atoms with Gasteiger partial charge in [-0.3, -0.25) is 0 Å². The maximum absolute atomic E-state index is 12.3. The molecule has 0 bridgehead atoms. The Kier molecular flexibility index (Phi) is 5.00. The molecule has 0 spiro atoms. The van der Waals surface area contributed by atoms with Gasteiger partial charge in [0.15, 0.2) is 0 Å². The van der Waals surface area contributed by atoms with Crippen LogP contribution in [0, 0.1) is 0 Å². The minimum Gasteiger partial charge on any atom is -0.392 e. The van der Waals surface area contributed by atoms with Gasteiger partial charge in [-0.05, 0) is 30.7 Å². The number of aliphatic hydroxyl groups is 1. The molecule has 0 aliphatic carbocycles. The number of hydrogen-bond acceptors (Lipinski definition) is 4. The number of sulfonamides is 1. The lowest BCUT2D eigenvalue weighted by atomic mass is 10.2. The molecule has 0 saturated heterocycles. The molecule has 114 valence electrons. The van der Waals surface area contributed by atoms with Gasteiger partial charge in [0, 0.05) is 30.0 Å². The molecule has 0 radical (unpaired) electrons. The van der Waals surface area contributed by atoms with Crippen molar-refractivity contribution >= 4 is 21.6 Å². The van der Waals surface area contributed by atoms with Crippen molar-refractivity contribution in [3.05, 3.63) is 47.5 Å². The van der Waals surface area contributed by atoms with Crippen molar-refractivity contribution in [2.75, 3.05) is 0 Å². The van der Waals surface area contributed by atoms with Crippen molar-refractivity contribution < 1.29 is 13.5 Å². The minimum atomic E-state index is -3.67. The second-order valence-electron chi connectivity index (χ2n) is 4.69. The smallest absolute Gasteiger partial charge is 0.240 e. The van der Waals surface area contributed by atoms with Crippen LogP contribution < -0.4 is 4.72 Å². The van der Waals surface area contributed by atoms with Gasteiger partial charge in [-0.25, -0.2) is 18.1 Å². The number of imidazole rings is 1. The van der Waals surface area contributed by atoms with E-state index < -0.39 is 10.0 Å². The molecule has 8 heteroatoms. The molecule has 21 heavy (non-hydrogen) atoms. The van der Waals surface area contributed by atoms with Gasteiger partial charge in [0.05, 0.1) is 17.8 Å². The Morgan fingerprint density at radius 2 is 2.24 bits per heavy atom.